The smallest absolute Gasteiger partial charge is 0.0174 e. The normalized spacial score (nSPS) is 30.7. The summed E-state index contributed by atoms with van der Waals surface area (Å²) in [5.41, 5.74) is 0. The number of hydrogen-bond acceptors (Lipinski definition) is 0. The van der Waals surface area contributed by atoms with Gasteiger partial charge in [0.1, 0.15) is 0 Å². The third-order valence-corrected chi connectivity index (χ3v) is 3.93. The van der Waals surface area contributed by atoms with Crippen LogP contribution < -0.4 is 0 Å². The first-order valence-electron chi connectivity index (χ1n) is 4.92. The van der Waals surface area contributed by atoms with Gasteiger partial charge in [0.05, 0.1) is 0 Å². The van der Waals surface area contributed by atoms with Gasteiger partial charge >= 0.3 is 0 Å². The molecule has 0 saturated heterocycles. The minimum atomic E-state index is 0.730. The van der Waals surface area contributed by atoms with Crippen molar-refractivity contribution >= 4 is 15.9 Å². The van der Waals surface area contributed by atoms with Gasteiger partial charge in [-0.05, 0) is 25.2 Å². The Balaban J connectivity index is 2.32. The lowest BCUT2D eigenvalue weighted by molar-refractivity contribution is 0.450. The molecular formula is C11H17Br. The molecule has 1 rings (SSSR count). The highest BCUT2D eigenvalue weighted by Gasteiger charge is 2.20. The molecule has 0 spiro atoms. The third kappa shape index (κ3) is 3.19. The lowest BCUT2D eigenvalue weighted by Gasteiger charge is -2.18. The second-order valence-electron chi connectivity index (χ2n) is 3.66. The molecule has 1 aliphatic carbocycles. The molecule has 1 fully saturated rings. The summed E-state index contributed by atoms with van der Waals surface area (Å²) in [7, 11) is 0. The Labute approximate surface area is 84.2 Å². The molecule has 68 valence electrons. The average molecular weight is 229 g/mol. The fourth-order valence-corrected chi connectivity index (χ4v) is 2.79. The van der Waals surface area contributed by atoms with Gasteiger partial charge < -0.3 is 0 Å². The van der Waals surface area contributed by atoms with Crippen LogP contribution in [0.5, 0.6) is 0 Å². The first-order valence-corrected chi connectivity index (χ1v) is 5.83. The molecule has 0 amide bonds. The maximum atomic E-state index is 5.26. The molecule has 0 bridgehead atoms. The Bertz CT molecular complexity index is 157. The van der Waals surface area contributed by atoms with Crippen molar-refractivity contribution < 1.29 is 0 Å². The van der Waals surface area contributed by atoms with Gasteiger partial charge in [-0.2, -0.15) is 0 Å². The summed E-state index contributed by atoms with van der Waals surface area (Å²) in [6.45, 7) is 0. The molecule has 0 aromatic carbocycles. The van der Waals surface area contributed by atoms with E-state index in [-0.39, 0.29) is 0 Å². The number of hydrogen-bond donors (Lipinski definition) is 0. The summed E-state index contributed by atoms with van der Waals surface area (Å²) in [6, 6.07) is 0. The van der Waals surface area contributed by atoms with Crippen LogP contribution in [-0.2, 0) is 0 Å². The van der Waals surface area contributed by atoms with Crippen molar-refractivity contribution in [2.24, 2.45) is 5.92 Å². The monoisotopic (exact) mass is 228 g/mol. The van der Waals surface area contributed by atoms with Gasteiger partial charge in [-0.15, -0.1) is 12.3 Å². The molecule has 12 heavy (non-hydrogen) atoms. The quantitative estimate of drug-likeness (QED) is 0.384. The van der Waals surface area contributed by atoms with Gasteiger partial charge in [0, 0.05) is 11.2 Å². The van der Waals surface area contributed by atoms with Crippen molar-refractivity contribution in [2.75, 3.05) is 0 Å². The van der Waals surface area contributed by atoms with Crippen LogP contribution in [0.15, 0.2) is 0 Å². The predicted octanol–water partition coefficient (Wildman–Crippen LogP) is 3.74. The molecule has 2 atom stereocenters. The molecule has 0 aliphatic heterocycles. The van der Waals surface area contributed by atoms with Crippen LogP contribution in [0, 0.1) is 18.3 Å². The topological polar surface area (TPSA) is 0 Å². The van der Waals surface area contributed by atoms with Crippen molar-refractivity contribution in [2.45, 2.75) is 49.8 Å². The van der Waals surface area contributed by atoms with E-state index in [9.17, 15) is 0 Å². The molecule has 1 aliphatic rings. The van der Waals surface area contributed by atoms with Crippen LogP contribution in [0.2, 0.25) is 0 Å². The van der Waals surface area contributed by atoms with Crippen LogP contribution in [0.4, 0.5) is 0 Å². The number of rotatable bonds is 2. The maximum absolute atomic E-state index is 5.26. The second-order valence-corrected chi connectivity index (χ2v) is 4.83. The van der Waals surface area contributed by atoms with Gasteiger partial charge in [0.25, 0.3) is 0 Å². The lowest BCUT2D eigenvalue weighted by atomic mass is 9.95. The fourth-order valence-electron chi connectivity index (χ4n) is 1.93. The number of terminal acetylenes is 1. The van der Waals surface area contributed by atoms with Crippen LogP contribution in [0.3, 0.4) is 0 Å². The van der Waals surface area contributed by atoms with Crippen LogP contribution in [-0.4, -0.2) is 4.83 Å². The SMILES string of the molecule is C#CCCC1CCCCCC1Br. The van der Waals surface area contributed by atoms with E-state index < -0.39 is 0 Å². The Kier molecular flexibility index (Phi) is 4.76. The molecule has 0 radical (unpaired) electrons. The van der Waals surface area contributed by atoms with E-state index in [4.69, 9.17) is 6.42 Å². The number of halogens is 1. The largest absolute Gasteiger partial charge is 0.120 e. The van der Waals surface area contributed by atoms with Gasteiger partial charge in [-0.3, -0.25) is 0 Å². The lowest BCUT2D eigenvalue weighted by Crippen LogP contribution is -2.12. The first-order chi connectivity index (χ1) is 5.84. The van der Waals surface area contributed by atoms with Crippen molar-refractivity contribution in [3.05, 3.63) is 0 Å². The van der Waals surface area contributed by atoms with Crippen molar-refractivity contribution in [3.63, 3.8) is 0 Å². The van der Waals surface area contributed by atoms with Crippen molar-refractivity contribution in [1.82, 2.24) is 0 Å². The molecule has 0 N–H and O–H groups in total. The predicted molar refractivity (Wildman–Crippen MR) is 57.4 cm³/mol. The molecule has 0 aromatic rings. The molecule has 0 aromatic heterocycles. The first kappa shape index (κ1) is 10.1. The highest BCUT2D eigenvalue weighted by Crippen LogP contribution is 2.31. The zero-order valence-corrected chi connectivity index (χ0v) is 9.15. The molecule has 0 nitrogen and oxygen atoms in total. The highest BCUT2D eigenvalue weighted by atomic mass is 79.9. The standard InChI is InChI=1S/C11H17Br/c1-2-3-7-10-8-5-4-6-9-11(10)12/h1,10-11H,3-9H2. The molecular weight excluding hydrogens is 212 g/mol. The Morgan fingerprint density at radius 1 is 1.25 bits per heavy atom. The van der Waals surface area contributed by atoms with E-state index in [1.165, 1.54) is 38.5 Å². The Hall–Kier alpha value is 0.0400. The third-order valence-electron chi connectivity index (χ3n) is 2.73. The summed E-state index contributed by atoms with van der Waals surface area (Å²) >= 11 is 3.77. The van der Waals surface area contributed by atoms with Crippen molar-refractivity contribution in [1.29, 1.82) is 0 Å². The fraction of sp³-hybridized carbons (Fsp3) is 0.818. The van der Waals surface area contributed by atoms with Crippen molar-refractivity contribution in [3.8, 4) is 12.3 Å². The molecule has 0 heterocycles. The van der Waals surface area contributed by atoms with Gasteiger partial charge in [0.2, 0.25) is 0 Å². The average Bonchev–Trinajstić information content (AvgIpc) is 2.27. The zero-order chi connectivity index (χ0) is 8.81. The van der Waals surface area contributed by atoms with E-state index in [0.29, 0.717) is 0 Å². The maximum Gasteiger partial charge on any atom is 0.0174 e. The number of alkyl halides is 1. The van der Waals surface area contributed by atoms with Crippen LogP contribution in [0.25, 0.3) is 0 Å². The summed E-state index contributed by atoms with van der Waals surface area (Å²) in [4.78, 5) is 0.730. The molecule has 1 saturated carbocycles. The minimum absolute atomic E-state index is 0.730. The molecule has 1 heteroatoms. The van der Waals surface area contributed by atoms with Crippen LogP contribution >= 0.6 is 15.9 Å². The van der Waals surface area contributed by atoms with E-state index in [1.807, 2.05) is 0 Å². The second kappa shape index (κ2) is 5.65. The van der Waals surface area contributed by atoms with Crippen LogP contribution in [0.1, 0.15) is 44.9 Å². The van der Waals surface area contributed by atoms with E-state index in [0.717, 1.165) is 17.2 Å². The Morgan fingerprint density at radius 3 is 2.75 bits per heavy atom. The highest BCUT2D eigenvalue weighted by molar-refractivity contribution is 9.09. The summed E-state index contributed by atoms with van der Waals surface area (Å²) < 4.78 is 0. The van der Waals surface area contributed by atoms with Gasteiger partial charge in [-0.1, -0.05) is 35.2 Å². The molecule has 2 unspecified atom stereocenters. The van der Waals surface area contributed by atoms with E-state index >= 15 is 0 Å². The van der Waals surface area contributed by atoms with Gasteiger partial charge in [-0.25, -0.2) is 0 Å². The van der Waals surface area contributed by atoms with E-state index in [1.54, 1.807) is 0 Å². The Morgan fingerprint density at radius 2 is 2.00 bits per heavy atom. The van der Waals surface area contributed by atoms with Gasteiger partial charge in [0.15, 0.2) is 0 Å². The minimum Gasteiger partial charge on any atom is -0.120 e. The summed E-state index contributed by atoms with van der Waals surface area (Å²) in [5, 5.41) is 0. The summed E-state index contributed by atoms with van der Waals surface area (Å²) in [5.74, 6) is 3.57. The summed E-state index contributed by atoms with van der Waals surface area (Å²) in [6.07, 6.45) is 14.3. The van der Waals surface area contributed by atoms with E-state index in [2.05, 4.69) is 21.9 Å². The zero-order valence-electron chi connectivity index (χ0n) is 7.56.